The molecule has 4 heteroatoms. The predicted molar refractivity (Wildman–Crippen MR) is 66.6 cm³/mol. The molecule has 0 heterocycles. The highest BCUT2D eigenvalue weighted by Gasteiger charge is 1.95. The molecule has 88 valence electrons. The van der Waals surface area contributed by atoms with Crippen molar-refractivity contribution in [2.24, 2.45) is 16.5 Å². The van der Waals surface area contributed by atoms with Gasteiger partial charge in [0.15, 0.2) is 5.96 Å². The fraction of sp³-hybridized carbons (Fsp3) is 0.417. The first kappa shape index (κ1) is 12.4. The summed E-state index contributed by atoms with van der Waals surface area (Å²) in [6.45, 7) is 3.47. The van der Waals surface area contributed by atoms with Crippen LogP contribution in [0.25, 0.3) is 0 Å². The molecule has 0 spiro atoms. The molecule has 0 aliphatic heterocycles. The van der Waals surface area contributed by atoms with Gasteiger partial charge in [0.25, 0.3) is 0 Å². The Bertz CT molecular complexity index is 329. The highest BCUT2D eigenvalue weighted by Crippen LogP contribution is 2.12. The van der Waals surface area contributed by atoms with Crippen LogP contribution in [-0.2, 0) is 6.42 Å². The van der Waals surface area contributed by atoms with Crippen LogP contribution in [0.1, 0.15) is 18.9 Å². The van der Waals surface area contributed by atoms with Gasteiger partial charge in [0.05, 0.1) is 6.61 Å². The van der Waals surface area contributed by atoms with E-state index in [9.17, 15) is 0 Å². The summed E-state index contributed by atoms with van der Waals surface area (Å²) in [5.41, 5.74) is 11.7. The van der Waals surface area contributed by atoms with Crippen LogP contribution in [-0.4, -0.2) is 19.1 Å². The van der Waals surface area contributed by atoms with Gasteiger partial charge in [0, 0.05) is 6.54 Å². The number of guanidine groups is 1. The molecule has 0 amide bonds. The molecule has 1 aromatic carbocycles. The van der Waals surface area contributed by atoms with Crippen molar-refractivity contribution in [1.29, 1.82) is 0 Å². The Morgan fingerprint density at radius 3 is 2.50 bits per heavy atom. The van der Waals surface area contributed by atoms with Crippen LogP contribution in [0.5, 0.6) is 5.75 Å². The molecule has 0 radical (unpaired) electrons. The van der Waals surface area contributed by atoms with E-state index < -0.39 is 0 Å². The van der Waals surface area contributed by atoms with Gasteiger partial charge in [-0.1, -0.05) is 19.1 Å². The van der Waals surface area contributed by atoms with E-state index >= 15 is 0 Å². The van der Waals surface area contributed by atoms with Gasteiger partial charge in [-0.15, -0.1) is 0 Å². The molecular formula is C12H19N3O. The topological polar surface area (TPSA) is 73.6 Å². The predicted octanol–water partition coefficient (Wildman–Crippen LogP) is 1.29. The van der Waals surface area contributed by atoms with E-state index in [2.05, 4.69) is 11.9 Å². The summed E-state index contributed by atoms with van der Waals surface area (Å²) >= 11 is 0. The van der Waals surface area contributed by atoms with E-state index in [0.29, 0.717) is 6.54 Å². The van der Waals surface area contributed by atoms with E-state index in [4.69, 9.17) is 16.2 Å². The fourth-order valence-corrected chi connectivity index (χ4v) is 1.29. The van der Waals surface area contributed by atoms with E-state index in [1.54, 1.807) is 0 Å². The quantitative estimate of drug-likeness (QED) is 0.561. The molecule has 0 bridgehead atoms. The summed E-state index contributed by atoms with van der Waals surface area (Å²) in [5, 5.41) is 0. The van der Waals surface area contributed by atoms with Crippen LogP contribution >= 0.6 is 0 Å². The first-order valence-corrected chi connectivity index (χ1v) is 5.49. The first-order chi connectivity index (χ1) is 7.72. The van der Waals surface area contributed by atoms with Gasteiger partial charge in [-0.25, -0.2) is 0 Å². The lowest BCUT2D eigenvalue weighted by Gasteiger charge is -2.05. The minimum Gasteiger partial charge on any atom is -0.494 e. The molecule has 0 saturated carbocycles. The van der Waals surface area contributed by atoms with Gasteiger partial charge in [-0.2, -0.15) is 0 Å². The Balaban J connectivity index is 2.42. The lowest BCUT2D eigenvalue weighted by Crippen LogP contribution is -2.23. The van der Waals surface area contributed by atoms with E-state index in [-0.39, 0.29) is 5.96 Å². The first-order valence-electron chi connectivity index (χ1n) is 5.49. The zero-order chi connectivity index (χ0) is 11.8. The standard InChI is InChI=1S/C12H19N3O/c1-2-9-16-11-5-3-10(4-6-11)7-8-15-12(13)14/h3-6H,2,7-9H2,1H3,(H4,13,14,15). The van der Waals surface area contributed by atoms with Crippen molar-refractivity contribution in [2.75, 3.05) is 13.2 Å². The van der Waals surface area contributed by atoms with Crippen molar-refractivity contribution in [3.05, 3.63) is 29.8 Å². The zero-order valence-corrected chi connectivity index (χ0v) is 9.65. The number of nitrogens with zero attached hydrogens (tertiary/aromatic N) is 1. The number of benzene rings is 1. The third-order valence-corrected chi connectivity index (χ3v) is 2.09. The van der Waals surface area contributed by atoms with E-state index in [1.165, 1.54) is 5.56 Å². The molecule has 0 atom stereocenters. The smallest absolute Gasteiger partial charge is 0.185 e. The molecule has 16 heavy (non-hydrogen) atoms. The Kier molecular flexibility index (Phi) is 5.19. The summed E-state index contributed by atoms with van der Waals surface area (Å²) < 4.78 is 5.49. The fourth-order valence-electron chi connectivity index (χ4n) is 1.29. The normalized spacial score (nSPS) is 9.81. The van der Waals surface area contributed by atoms with Crippen molar-refractivity contribution in [2.45, 2.75) is 19.8 Å². The third-order valence-electron chi connectivity index (χ3n) is 2.09. The van der Waals surface area contributed by atoms with Gasteiger partial charge in [0.2, 0.25) is 0 Å². The highest BCUT2D eigenvalue weighted by atomic mass is 16.5. The van der Waals surface area contributed by atoms with Gasteiger partial charge >= 0.3 is 0 Å². The Labute approximate surface area is 96.3 Å². The maximum absolute atomic E-state index is 5.49. The van der Waals surface area contributed by atoms with Crippen LogP contribution in [0, 0.1) is 0 Å². The van der Waals surface area contributed by atoms with Gasteiger partial charge in [0.1, 0.15) is 5.75 Å². The number of hydrogen-bond acceptors (Lipinski definition) is 2. The minimum absolute atomic E-state index is 0.142. The molecule has 1 aromatic rings. The summed E-state index contributed by atoms with van der Waals surface area (Å²) in [7, 11) is 0. The molecule has 0 fully saturated rings. The molecule has 0 aromatic heterocycles. The number of nitrogens with two attached hydrogens (primary N) is 2. The highest BCUT2D eigenvalue weighted by molar-refractivity contribution is 5.75. The van der Waals surface area contributed by atoms with E-state index in [1.807, 2.05) is 24.3 Å². The Morgan fingerprint density at radius 2 is 1.94 bits per heavy atom. The van der Waals surface area contributed by atoms with Crippen LogP contribution in [0.4, 0.5) is 0 Å². The number of ether oxygens (including phenoxy) is 1. The van der Waals surface area contributed by atoms with Crippen LogP contribution in [0.2, 0.25) is 0 Å². The molecule has 4 N–H and O–H groups in total. The molecule has 0 aliphatic rings. The Hall–Kier alpha value is -1.71. The second kappa shape index (κ2) is 6.71. The van der Waals surface area contributed by atoms with Gasteiger partial charge in [-0.05, 0) is 30.5 Å². The van der Waals surface area contributed by atoms with Crippen molar-refractivity contribution in [1.82, 2.24) is 0 Å². The van der Waals surface area contributed by atoms with E-state index in [0.717, 1.165) is 25.2 Å². The maximum Gasteiger partial charge on any atom is 0.185 e. The lowest BCUT2D eigenvalue weighted by molar-refractivity contribution is 0.317. The molecule has 0 aliphatic carbocycles. The van der Waals surface area contributed by atoms with Crippen molar-refractivity contribution < 1.29 is 4.74 Å². The van der Waals surface area contributed by atoms with Crippen molar-refractivity contribution in [3.63, 3.8) is 0 Å². The summed E-state index contributed by atoms with van der Waals surface area (Å²) in [6.07, 6.45) is 1.86. The largest absolute Gasteiger partial charge is 0.494 e. The Morgan fingerprint density at radius 1 is 1.25 bits per heavy atom. The SMILES string of the molecule is CCCOc1ccc(CCN=C(N)N)cc1. The monoisotopic (exact) mass is 221 g/mol. The molecular weight excluding hydrogens is 202 g/mol. The molecule has 0 saturated heterocycles. The second-order valence-corrected chi connectivity index (χ2v) is 3.55. The maximum atomic E-state index is 5.49. The van der Waals surface area contributed by atoms with Crippen LogP contribution < -0.4 is 16.2 Å². The summed E-state index contributed by atoms with van der Waals surface area (Å²) in [6, 6.07) is 8.02. The second-order valence-electron chi connectivity index (χ2n) is 3.55. The number of rotatable bonds is 6. The van der Waals surface area contributed by atoms with Crippen molar-refractivity contribution in [3.8, 4) is 5.75 Å². The minimum atomic E-state index is 0.142. The summed E-state index contributed by atoms with van der Waals surface area (Å²) in [4.78, 5) is 3.93. The van der Waals surface area contributed by atoms with Gasteiger partial charge < -0.3 is 16.2 Å². The van der Waals surface area contributed by atoms with Crippen LogP contribution in [0.15, 0.2) is 29.3 Å². The molecule has 1 rings (SSSR count). The van der Waals surface area contributed by atoms with Crippen LogP contribution in [0.3, 0.4) is 0 Å². The van der Waals surface area contributed by atoms with Gasteiger partial charge in [-0.3, -0.25) is 4.99 Å². The number of aliphatic imine (C=N–C) groups is 1. The lowest BCUT2D eigenvalue weighted by atomic mass is 10.1. The average Bonchev–Trinajstić information content (AvgIpc) is 2.27. The number of hydrogen-bond donors (Lipinski definition) is 2. The third kappa shape index (κ3) is 4.68. The average molecular weight is 221 g/mol. The zero-order valence-electron chi connectivity index (χ0n) is 9.65. The van der Waals surface area contributed by atoms with Crippen molar-refractivity contribution >= 4 is 5.96 Å². The molecule has 0 unspecified atom stereocenters. The molecule has 4 nitrogen and oxygen atoms in total. The summed E-state index contributed by atoms with van der Waals surface area (Å²) in [5.74, 6) is 1.05.